The lowest BCUT2D eigenvalue weighted by molar-refractivity contribution is -0.155. The van der Waals surface area contributed by atoms with Gasteiger partial charge in [-0.05, 0) is 42.7 Å². The van der Waals surface area contributed by atoms with E-state index in [0.29, 0.717) is 25.1 Å². The Labute approximate surface area is 159 Å². The number of carbonyl (C=O) groups is 2. The van der Waals surface area contributed by atoms with Crippen LogP contribution in [0.2, 0.25) is 0 Å². The fourth-order valence-electron chi connectivity index (χ4n) is 2.38. The second-order valence-electron chi connectivity index (χ2n) is 5.88. The first-order valence-electron chi connectivity index (χ1n) is 8.90. The molecule has 0 fully saturated rings. The van der Waals surface area contributed by atoms with Gasteiger partial charge in [0.1, 0.15) is 11.5 Å². The zero-order chi connectivity index (χ0) is 19.5. The molecule has 0 aliphatic rings. The highest BCUT2D eigenvalue weighted by Crippen LogP contribution is 2.13. The highest BCUT2D eigenvalue weighted by Gasteiger charge is 2.21. The van der Waals surface area contributed by atoms with E-state index in [1.54, 1.807) is 19.2 Å². The number of hydrogen-bond acceptors (Lipinski definition) is 5. The van der Waals surface area contributed by atoms with Gasteiger partial charge in [0.2, 0.25) is 0 Å². The second-order valence-corrected chi connectivity index (χ2v) is 5.88. The molecular formula is C21H25NO5. The van der Waals surface area contributed by atoms with E-state index >= 15 is 0 Å². The molecule has 1 amide bonds. The summed E-state index contributed by atoms with van der Waals surface area (Å²) in [5.74, 6) is 0.487. The lowest BCUT2D eigenvalue weighted by Crippen LogP contribution is -2.34. The average Bonchev–Trinajstić information content (AvgIpc) is 2.71. The molecule has 2 aromatic carbocycles. The molecule has 0 radical (unpaired) electrons. The number of ether oxygens (including phenoxy) is 3. The molecular weight excluding hydrogens is 346 g/mol. The van der Waals surface area contributed by atoms with Crippen molar-refractivity contribution in [3.8, 4) is 11.5 Å². The normalized spacial score (nSPS) is 11.3. The van der Waals surface area contributed by atoms with Crippen LogP contribution in [0.5, 0.6) is 11.5 Å². The van der Waals surface area contributed by atoms with E-state index in [1.807, 2.05) is 49.4 Å². The lowest BCUT2D eigenvalue weighted by Gasteiger charge is -2.16. The van der Waals surface area contributed by atoms with Gasteiger partial charge in [-0.15, -0.1) is 0 Å². The number of para-hydroxylation sites is 1. The molecule has 2 aromatic rings. The van der Waals surface area contributed by atoms with Gasteiger partial charge in [0.05, 0.1) is 7.11 Å². The minimum atomic E-state index is -0.737. The number of hydrogen-bond donors (Lipinski definition) is 1. The zero-order valence-corrected chi connectivity index (χ0v) is 15.6. The maximum Gasteiger partial charge on any atom is 0.347 e. The van der Waals surface area contributed by atoms with Gasteiger partial charge in [-0.1, -0.05) is 37.3 Å². The first-order valence-corrected chi connectivity index (χ1v) is 8.90. The fourth-order valence-corrected chi connectivity index (χ4v) is 2.38. The number of esters is 1. The summed E-state index contributed by atoms with van der Waals surface area (Å²) in [5, 5.41) is 2.73. The van der Waals surface area contributed by atoms with Gasteiger partial charge in [-0.2, -0.15) is 0 Å². The third-order valence-electron chi connectivity index (χ3n) is 3.90. The molecule has 0 aliphatic heterocycles. The highest BCUT2D eigenvalue weighted by atomic mass is 16.6. The van der Waals surface area contributed by atoms with Gasteiger partial charge in [-0.25, -0.2) is 4.79 Å². The van der Waals surface area contributed by atoms with Gasteiger partial charge in [-0.3, -0.25) is 4.79 Å². The van der Waals surface area contributed by atoms with Crippen molar-refractivity contribution >= 4 is 11.9 Å². The van der Waals surface area contributed by atoms with Gasteiger partial charge in [0.15, 0.2) is 12.7 Å². The van der Waals surface area contributed by atoms with Gasteiger partial charge < -0.3 is 19.5 Å². The summed E-state index contributed by atoms with van der Waals surface area (Å²) in [6, 6.07) is 16.7. The van der Waals surface area contributed by atoms with Crippen molar-refractivity contribution in [2.75, 3.05) is 20.3 Å². The van der Waals surface area contributed by atoms with E-state index < -0.39 is 12.1 Å². The van der Waals surface area contributed by atoms with Crippen LogP contribution >= 0.6 is 0 Å². The predicted molar refractivity (Wildman–Crippen MR) is 102 cm³/mol. The van der Waals surface area contributed by atoms with E-state index in [2.05, 4.69) is 5.32 Å². The monoisotopic (exact) mass is 371 g/mol. The van der Waals surface area contributed by atoms with Crippen LogP contribution in [-0.4, -0.2) is 38.2 Å². The van der Waals surface area contributed by atoms with E-state index in [-0.39, 0.29) is 12.5 Å². The number of carbonyl (C=O) groups excluding carboxylic acids is 2. The van der Waals surface area contributed by atoms with E-state index in [0.717, 1.165) is 11.3 Å². The van der Waals surface area contributed by atoms with Crippen LogP contribution < -0.4 is 14.8 Å². The molecule has 0 saturated carbocycles. The van der Waals surface area contributed by atoms with E-state index in [9.17, 15) is 9.59 Å². The summed E-state index contributed by atoms with van der Waals surface area (Å²) in [6.07, 6.45) is 0.394. The number of nitrogens with one attached hydrogen (secondary N) is 1. The molecule has 2 rings (SSSR count). The quantitative estimate of drug-likeness (QED) is 0.650. The van der Waals surface area contributed by atoms with Crippen molar-refractivity contribution < 1.29 is 23.8 Å². The Morgan fingerprint density at radius 2 is 1.70 bits per heavy atom. The average molecular weight is 371 g/mol. The van der Waals surface area contributed by atoms with Crippen LogP contribution in [-0.2, 0) is 20.7 Å². The molecule has 0 heterocycles. The predicted octanol–water partition coefficient (Wildman–Crippen LogP) is 2.75. The van der Waals surface area contributed by atoms with E-state index in [4.69, 9.17) is 14.2 Å². The number of methoxy groups -OCH3 is 1. The molecule has 1 N–H and O–H groups in total. The maximum atomic E-state index is 12.1. The molecule has 0 bridgehead atoms. The van der Waals surface area contributed by atoms with Gasteiger partial charge >= 0.3 is 5.97 Å². The van der Waals surface area contributed by atoms with E-state index in [1.165, 1.54) is 0 Å². The Hall–Kier alpha value is -3.02. The van der Waals surface area contributed by atoms with Crippen molar-refractivity contribution in [1.29, 1.82) is 0 Å². The summed E-state index contributed by atoms with van der Waals surface area (Å²) in [6.45, 7) is 1.96. The fraction of sp³-hybridized carbons (Fsp3) is 0.333. The first kappa shape index (κ1) is 20.3. The van der Waals surface area contributed by atoms with Crippen molar-refractivity contribution in [2.45, 2.75) is 25.9 Å². The molecule has 0 saturated heterocycles. The SMILES string of the molecule is CC[C@H](Oc1ccccc1)C(=O)OCC(=O)NCCc1ccc(OC)cc1. The first-order chi connectivity index (χ1) is 13.1. The second kappa shape index (κ2) is 10.9. The Morgan fingerprint density at radius 1 is 1.00 bits per heavy atom. The van der Waals surface area contributed by atoms with Crippen molar-refractivity contribution in [2.24, 2.45) is 0 Å². The standard InChI is InChI=1S/C21H25NO5/c1-3-19(27-18-7-5-4-6-8-18)21(24)26-15-20(23)22-14-13-16-9-11-17(25-2)12-10-16/h4-12,19H,3,13-15H2,1-2H3,(H,22,23)/t19-/m0/s1. The summed E-state index contributed by atoms with van der Waals surface area (Å²) >= 11 is 0. The summed E-state index contributed by atoms with van der Waals surface area (Å²) in [4.78, 5) is 24.0. The third-order valence-corrected chi connectivity index (χ3v) is 3.90. The Morgan fingerprint density at radius 3 is 2.33 bits per heavy atom. The van der Waals surface area contributed by atoms with Crippen molar-refractivity contribution in [1.82, 2.24) is 5.32 Å². The van der Waals surface area contributed by atoms with Crippen LogP contribution in [0.3, 0.4) is 0 Å². The number of amides is 1. The molecule has 0 aliphatic carbocycles. The highest BCUT2D eigenvalue weighted by molar-refractivity contribution is 5.82. The zero-order valence-electron chi connectivity index (χ0n) is 15.6. The minimum absolute atomic E-state index is 0.323. The third kappa shape index (κ3) is 7.01. The van der Waals surface area contributed by atoms with Gasteiger partial charge in [0, 0.05) is 6.54 Å². The molecule has 6 heteroatoms. The molecule has 144 valence electrons. The molecule has 0 spiro atoms. The maximum absolute atomic E-state index is 12.1. The molecule has 0 aromatic heterocycles. The summed E-state index contributed by atoms with van der Waals surface area (Å²) in [7, 11) is 1.62. The molecule has 6 nitrogen and oxygen atoms in total. The molecule has 1 atom stereocenters. The van der Waals surface area contributed by atoms with Crippen LogP contribution in [0, 0.1) is 0 Å². The number of rotatable bonds is 10. The van der Waals surface area contributed by atoms with Crippen LogP contribution in [0.25, 0.3) is 0 Å². The van der Waals surface area contributed by atoms with Gasteiger partial charge in [0.25, 0.3) is 5.91 Å². The Bertz CT molecular complexity index is 715. The lowest BCUT2D eigenvalue weighted by atomic mass is 10.1. The van der Waals surface area contributed by atoms with Crippen molar-refractivity contribution in [3.63, 3.8) is 0 Å². The van der Waals surface area contributed by atoms with Crippen molar-refractivity contribution in [3.05, 3.63) is 60.2 Å². The van der Waals surface area contributed by atoms with Crippen LogP contribution in [0.4, 0.5) is 0 Å². The number of benzene rings is 2. The summed E-state index contributed by atoms with van der Waals surface area (Å²) in [5.41, 5.74) is 1.08. The molecule has 0 unspecified atom stereocenters. The topological polar surface area (TPSA) is 73.9 Å². The largest absolute Gasteiger partial charge is 0.497 e. The Balaban J connectivity index is 1.69. The Kier molecular flexibility index (Phi) is 8.16. The minimum Gasteiger partial charge on any atom is -0.497 e. The summed E-state index contributed by atoms with van der Waals surface area (Å²) < 4.78 is 15.8. The van der Waals surface area contributed by atoms with Crippen LogP contribution in [0.15, 0.2) is 54.6 Å². The molecule has 27 heavy (non-hydrogen) atoms. The van der Waals surface area contributed by atoms with Crippen LogP contribution in [0.1, 0.15) is 18.9 Å². The smallest absolute Gasteiger partial charge is 0.347 e.